The van der Waals surface area contributed by atoms with Gasteiger partial charge in [0.2, 0.25) is 0 Å². The number of methoxy groups -OCH3 is 1. The largest absolute Gasteiger partial charge is 0.497 e. The molecule has 3 aromatic carbocycles. The Balaban J connectivity index is 2.18. The number of benzene rings is 3. The molecule has 144 valence electrons. The minimum absolute atomic E-state index is 0.903. The van der Waals surface area contributed by atoms with E-state index in [2.05, 4.69) is 105 Å². The molecule has 0 radical (unpaired) electrons. The Morgan fingerprint density at radius 1 is 0.679 bits per heavy atom. The number of hydrogen-bond donors (Lipinski definition) is 0. The summed E-state index contributed by atoms with van der Waals surface area (Å²) in [6.07, 6.45) is 0.941. The first-order valence-electron chi connectivity index (χ1n) is 9.92. The molecule has 0 spiro atoms. The molecule has 0 aliphatic carbocycles. The maximum Gasteiger partial charge on any atom is 0.118 e. The van der Waals surface area contributed by atoms with E-state index >= 15 is 0 Å². The molecule has 2 heteroatoms. The van der Waals surface area contributed by atoms with E-state index in [9.17, 15) is 0 Å². The van der Waals surface area contributed by atoms with Crippen molar-refractivity contribution >= 4 is 19.2 Å². The van der Waals surface area contributed by atoms with E-state index in [1.165, 1.54) is 27.8 Å². The third-order valence-electron chi connectivity index (χ3n) is 4.86. The third-order valence-corrected chi connectivity index (χ3v) is 6.27. The zero-order valence-corrected chi connectivity index (χ0v) is 18.4. The van der Waals surface area contributed by atoms with Crippen LogP contribution in [0, 0.1) is 0 Å². The molecule has 0 aliphatic heterocycles. The van der Waals surface area contributed by atoms with Gasteiger partial charge in [-0.25, -0.2) is 0 Å². The highest BCUT2D eigenvalue weighted by Crippen LogP contribution is 2.36. The lowest BCUT2D eigenvalue weighted by Gasteiger charge is -2.23. The molecule has 3 rings (SSSR count). The smallest absolute Gasteiger partial charge is 0.118 e. The lowest BCUT2D eigenvalue weighted by Crippen LogP contribution is -2.20. The topological polar surface area (TPSA) is 9.23 Å². The zero-order valence-electron chi connectivity index (χ0n) is 17.4. The Bertz CT molecular complexity index is 904. The lowest BCUT2D eigenvalue weighted by molar-refractivity contribution is 0.415. The van der Waals surface area contributed by atoms with Crippen LogP contribution in [0.25, 0.3) is 11.1 Å². The minimum Gasteiger partial charge on any atom is -0.497 e. The quantitative estimate of drug-likeness (QED) is 0.308. The van der Waals surface area contributed by atoms with Crippen LogP contribution in [0.2, 0.25) is 25.7 Å². The molecule has 0 saturated heterocycles. The molecule has 1 nitrogen and oxygen atoms in total. The summed E-state index contributed by atoms with van der Waals surface area (Å²) >= 11 is 0. The van der Waals surface area contributed by atoms with Gasteiger partial charge in [-0.15, -0.1) is 0 Å². The molecule has 3 aromatic rings. The van der Waals surface area contributed by atoms with Crippen molar-refractivity contribution in [1.29, 1.82) is 0 Å². The second-order valence-electron chi connectivity index (χ2n) is 8.45. The van der Waals surface area contributed by atoms with Crippen molar-refractivity contribution in [1.82, 2.24) is 0 Å². The van der Waals surface area contributed by atoms with Gasteiger partial charge in [-0.05, 0) is 52.4 Å². The molecular weight excluding hydrogens is 356 g/mol. The average Bonchev–Trinajstić information content (AvgIpc) is 2.71. The Morgan fingerprint density at radius 3 is 1.75 bits per heavy atom. The fourth-order valence-corrected chi connectivity index (χ4v) is 5.01. The molecular formula is C26H30OSi. The highest BCUT2D eigenvalue weighted by molar-refractivity contribution is 6.77. The molecule has 0 amide bonds. The van der Waals surface area contributed by atoms with Crippen LogP contribution in [0.1, 0.15) is 16.7 Å². The third kappa shape index (κ3) is 5.46. The van der Waals surface area contributed by atoms with Crippen molar-refractivity contribution in [2.45, 2.75) is 32.1 Å². The van der Waals surface area contributed by atoms with Gasteiger partial charge in [-0.3, -0.25) is 0 Å². The van der Waals surface area contributed by atoms with Gasteiger partial charge in [0.25, 0.3) is 0 Å². The van der Waals surface area contributed by atoms with Crippen LogP contribution in [0.4, 0.5) is 0 Å². The van der Waals surface area contributed by atoms with E-state index in [1.54, 1.807) is 7.11 Å². The second-order valence-corrected chi connectivity index (χ2v) is 13.9. The van der Waals surface area contributed by atoms with Crippen molar-refractivity contribution in [3.05, 3.63) is 102 Å². The maximum atomic E-state index is 5.38. The zero-order chi connectivity index (χ0) is 20.0. The van der Waals surface area contributed by atoms with E-state index in [4.69, 9.17) is 4.74 Å². The predicted octanol–water partition coefficient (Wildman–Crippen LogP) is 7.19. The van der Waals surface area contributed by atoms with Gasteiger partial charge in [-0.2, -0.15) is 0 Å². The number of ether oxygens (including phenoxy) is 1. The SMILES string of the molecule is COc1ccc(/C(C[Si](C)(C)C)=C(/Cc2ccccc2)c2ccccc2)cc1. The van der Waals surface area contributed by atoms with Crippen LogP contribution >= 0.6 is 0 Å². The molecule has 0 fully saturated rings. The highest BCUT2D eigenvalue weighted by Gasteiger charge is 2.21. The Kier molecular flexibility index (Phi) is 6.53. The summed E-state index contributed by atoms with van der Waals surface area (Å²) in [5, 5.41) is 0. The Hall–Kier alpha value is -2.58. The average molecular weight is 387 g/mol. The van der Waals surface area contributed by atoms with Crippen LogP contribution in [0.15, 0.2) is 84.9 Å². The molecule has 0 atom stereocenters. The summed E-state index contributed by atoms with van der Waals surface area (Å²) in [7, 11) is 0.394. The van der Waals surface area contributed by atoms with E-state index in [1.807, 2.05) is 0 Å². The number of hydrogen-bond acceptors (Lipinski definition) is 1. The molecule has 0 saturated carbocycles. The fourth-order valence-electron chi connectivity index (χ4n) is 3.53. The summed E-state index contributed by atoms with van der Waals surface area (Å²) < 4.78 is 5.38. The fraction of sp³-hybridized carbons (Fsp3) is 0.231. The van der Waals surface area contributed by atoms with Crippen molar-refractivity contribution in [2.75, 3.05) is 7.11 Å². The van der Waals surface area contributed by atoms with Gasteiger partial charge in [-0.1, -0.05) is 92.4 Å². The van der Waals surface area contributed by atoms with E-state index in [-0.39, 0.29) is 0 Å². The van der Waals surface area contributed by atoms with Gasteiger partial charge in [0.15, 0.2) is 0 Å². The predicted molar refractivity (Wildman–Crippen MR) is 125 cm³/mol. The standard InChI is InChI=1S/C26H30OSi/c1-27-24-17-15-23(16-18-24)26(20-28(2,3)4)25(22-13-9-6-10-14-22)19-21-11-7-5-8-12-21/h5-18H,19-20H2,1-4H3/b26-25-. The first kappa shape index (κ1) is 20.2. The van der Waals surface area contributed by atoms with Crippen molar-refractivity contribution < 1.29 is 4.74 Å². The summed E-state index contributed by atoms with van der Waals surface area (Å²) in [5.41, 5.74) is 6.87. The Labute approximate surface area is 170 Å². The van der Waals surface area contributed by atoms with Crippen LogP contribution in [0.5, 0.6) is 5.75 Å². The minimum atomic E-state index is -1.33. The summed E-state index contributed by atoms with van der Waals surface area (Å²) in [4.78, 5) is 0. The normalized spacial score (nSPS) is 12.4. The van der Waals surface area contributed by atoms with Crippen LogP contribution in [-0.2, 0) is 6.42 Å². The summed E-state index contributed by atoms with van der Waals surface area (Å²) in [6, 6.07) is 31.4. The molecule has 0 aromatic heterocycles. The van der Waals surface area contributed by atoms with Crippen molar-refractivity contribution in [3.8, 4) is 5.75 Å². The summed E-state index contributed by atoms with van der Waals surface area (Å²) in [6.45, 7) is 7.34. The monoisotopic (exact) mass is 386 g/mol. The van der Waals surface area contributed by atoms with Crippen LogP contribution < -0.4 is 4.74 Å². The van der Waals surface area contributed by atoms with Gasteiger partial charge in [0, 0.05) is 8.07 Å². The van der Waals surface area contributed by atoms with E-state index in [0.29, 0.717) is 0 Å². The van der Waals surface area contributed by atoms with E-state index in [0.717, 1.165) is 18.2 Å². The molecule has 0 N–H and O–H groups in total. The van der Waals surface area contributed by atoms with Gasteiger partial charge >= 0.3 is 0 Å². The first-order valence-corrected chi connectivity index (χ1v) is 13.6. The molecule has 0 bridgehead atoms. The maximum absolute atomic E-state index is 5.38. The second kappa shape index (κ2) is 9.07. The lowest BCUT2D eigenvalue weighted by atomic mass is 9.91. The molecule has 0 unspecified atom stereocenters. The molecule has 28 heavy (non-hydrogen) atoms. The first-order chi connectivity index (χ1) is 13.5. The Morgan fingerprint density at radius 2 is 1.21 bits per heavy atom. The van der Waals surface area contributed by atoms with Gasteiger partial charge < -0.3 is 4.74 Å². The van der Waals surface area contributed by atoms with Crippen LogP contribution in [-0.4, -0.2) is 15.2 Å². The van der Waals surface area contributed by atoms with Gasteiger partial charge in [0.05, 0.1) is 7.11 Å². The summed E-state index contributed by atoms with van der Waals surface area (Å²) in [5.74, 6) is 0.903. The van der Waals surface area contributed by atoms with Crippen molar-refractivity contribution in [3.63, 3.8) is 0 Å². The molecule has 0 aliphatic rings. The number of allylic oxidation sites excluding steroid dienone is 2. The van der Waals surface area contributed by atoms with Gasteiger partial charge in [0.1, 0.15) is 5.75 Å². The molecule has 0 heterocycles. The highest BCUT2D eigenvalue weighted by atomic mass is 28.3. The van der Waals surface area contributed by atoms with Crippen LogP contribution in [0.3, 0.4) is 0 Å². The van der Waals surface area contributed by atoms with E-state index < -0.39 is 8.07 Å². The van der Waals surface area contributed by atoms with Crippen molar-refractivity contribution in [2.24, 2.45) is 0 Å². The number of rotatable bonds is 7.